The lowest BCUT2D eigenvalue weighted by Gasteiger charge is -1.99. The smallest absolute Gasteiger partial charge is 0.266 e. The molecular formula is C6H6BrFN2O. The summed E-state index contributed by atoms with van der Waals surface area (Å²) in [5.74, 6) is 0. The molecule has 0 amide bonds. The quantitative estimate of drug-likeness (QED) is 0.745. The van der Waals surface area contributed by atoms with Gasteiger partial charge in [-0.3, -0.25) is 4.79 Å². The first-order valence-corrected chi connectivity index (χ1v) is 3.83. The van der Waals surface area contributed by atoms with E-state index in [9.17, 15) is 9.18 Å². The van der Waals surface area contributed by atoms with Crippen molar-refractivity contribution in [3.63, 3.8) is 0 Å². The molecule has 1 aromatic rings. The molecule has 0 bridgehead atoms. The van der Waals surface area contributed by atoms with Crippen molar-refractivity contribution in [2.75, 3.05) is 6.67 Å². The van der Waals surface area contributed by atoms with Gasteiger partial charge in [0.1, 0.15) is 11.3 Å². The van der Waals surface area contributed by atoms with Gasteiger partial charge in [0.25, 0.3) is 5.56 Å². The third-order valence-electron chi connectivity index (χ3n) is 1.13. The van der Waals surface area contributed by atoms with Crippen LogP contribution in [-0.2, 0) is 6.54 Å². The molecule has 0 aliphatic carbocycles. The Bertz CT molecular complexity index is 299. The number of hydrogen-bond acceptors (Lipinski definition) is 2. The van der Waals surface area contributed by atoms with Crippen molar-refractivity contribution in [2.24, 2.45) is 0 Å². The molecule has 0 N–H and O–H groups in total. The minimum Gasteiger partial charge on any atom is -0.268 e. The Balaban J connectivity index is 3.03. The lowest BCUT2D eigenvalue weighted by atomic mass is 10.5. The van der Waals surface area contributed by atoms with Crippen LogP contribution in [0.25, 0.3) is 0 Å². The summed E-state index contributed by atoms with van der Waals surface area (Å²) in [5, 5.41) is 3.74. The molecule has 3 nitrogen and oxygen atoms in total. The Kier molecular flexibility index (Phi) is 2.76. The van der Waals surface area contributed by atoms with E-state index in [1.54, 1.807) is 0 Å². The lowest BCUT2D eigenvalue weighted by molar-refractivity contribution is 0.416. The molecule has 0 aliphatic heterocycles. The summed E-state index contributed by atoms with van der Waals surface area (Å²) in [7, 11) is 0. The third-order valence-corrected chi connectivity index (χ3v) is 1.55. The fourth-order valence-corrected chi connectivity index (χ4v) is 0.988. The first-order chi connectivity index (χ1) is 5.24. The summed E-state index contributed by atoms with van der Waals surface area (Å²) >= 11 is 3.07. The molecule has 0 aliphatic rings. The van der Waals surface area contributed by atoms with Gasteiger partial charge in [-0.1, -0.05) is 0 Å². The van der Waals surface area contributed by atoms with E-state index in [1.807, 2.05) is 0 Å². The maximum Gasteiger partial charge on any atom is 0.266 e. The number of alkyl halides is 1. The van der Waals surface area contributed by atoms with E-state index in [2.05, 4.69) is 21.0 Å². The van der Waals surface area contributed by atoms with E-state index >= 15 is 0 Å². The predicted octanol–water partition coefficient (Wildman–Crippen LogP) is 0.975. The van der Waals surface area contributed by atoms with Gasteiger partial charge in [-0.05, 0) is 22.0 Å². The van der Waals surface area contributed by atoms with Crippen molar-refractivity contribution in [1.82, 2.24) is 9.78 Å². The molecule has 0 aromatic carbocycles. The lowest BCUT2D eigenvalue weighted by Crippen LogP contribution is -2.22. The summed E-state index contributed by atoms with van der Waals surface area (Å²) in [6.07, 6.45) is 0. The third kappa shape index (κ3) is 2.11. The zero-order chi connectivity index (χ0) is 8.27. The summed E-state index contributed by atoms with van der Waals surface area (Å²) in [5.41, 5.74) is -0.286. The molecule has 0 spiro atoms. The van der Waals surface area contributed by atoms with Gasteiger partial charge in [0.15, 0.2) is 0 Å². The molecular weight excluding hydrogens is 215 g/mol. The van der Waals surface area contributed by atoms with Gasteiger partial charge >= 0.3 is 0 Å². The summed E-state index contributed by atoms with van der Waals surface area (Å²) in [6, 6.07) is 2.86. The highest BCUT2D eigenvalue weighted by molar-refractivity contribution is 9.10. The van der Waals surface area contributed by atoms with Crippen molar-refractivity contribution in [2.45, 2.75) is 6.54 Å². The topological polar surface area (TPSA) is 34.9 Å². The van der Waals surface area contributed by atoms with Crippen molar-refractivity contribution < 1.29 is 4.39 Å². The molecule has 11 heavy (non-hydrogen) atoms. The maximum absolute atomic E-state index is 11.8. The minimum absolute atomic E-state index is 0.0122. The van der Waals surface area contributed by atoms with Crippen molar-refractivity contribution >= 4 is 15.9 Å². The Hall–Kier alpha value is -0.710. The minimum atomic E-state index is -0.580. The van der Waals surface area contributed by atoms with Crippen LogP contribution in [0.4, 0.5) is 4.39 Å². The van der Waals surface area contributed by atoms with E-state index < -0.39 is 6.67 Å². The Labute approximate surface area is 71.0 Å². The second kappa shape index (κ2) is 3.61. The number of nitrogens with zero attached hydrogens (tertiary/aromatic N) is 2. The first-order valence-electron chi connectivity index (χ1n) is 3.03. The van der Waals surface area contributed by atoms with Crippen molar-refractivity contribution in [3.05, 3.63) is 27.1 Å². The zero-order valence-electron chi connectivity index (χ0n) is 5.63. The second-order valence-corrected chi connectivity index (χ2v) is 2.72. The highest BCUT2D eigenvalue weighted by Gasteiger charge is 1.96. The van der Waals surface area contributed by atoms with Gasteiger partial charge in [0.05, 0.1) is 6.54 Å². The van der Waals surface area contributed by atoms with Gasteiger partial charge in [0.2, 0.25) is 0 Å². The number of aryl methyl sites for hydroxylation is 1. The molecule has 1 heterocycles. The first kappa shape index (κ1) is 8.39. The van der Waals surface area contributed by atoms with Gasteiger partial charge in [0, 0.05) is 6.07 Å². The second-order valence-electron chi connectivity index (χ2n) is 1.91. The molecule has 0 fully saturated rings. The van der Waals surface area contributed by atoms with Crippen LogP contribution >= 0.6 is 15.9 Å². The van der Waals surface area contributed by atoms with Crippen LogP contribution in [0.5, 0.6) is 0 Å². The van der Waals surface area contributed by atoms with E-state index in [0.29, 0.717) is 4.60 Å². The SMILES string of the molecule is O=c1ccc(Br)nn1CCF. The molecule has 5 heteroatoms. The van der Waals surface area contributed by atoms with E-state index in [1.165, 1.54) is 12.1 Å². The Morgan fingerprint density at radius 3 is 3.00 bits per heavy atom. The predicted molar refractivity (Wildman–Crippen MR) is 42.2 cm³/mol. The molecule has 1 rings (SSSR count). The monoisotopic (exact) mass is 220 g/mol. The highest BCUT2D eigenvalue weighted by Crippen LogP contribution is 1.99. The fourth-order valence-electron chi connectivity index (χ4n) is 0.664. The molecule has 0 radical (unpaired) electrons. The molecule has 1 aromatic heterocycles. The number of halogens is 2. The standard InChI is InChI=1S/C6H6BrFN2O/c7-5-1-2-6(11)10(9-5)4-3-8/h1-2H,3-4H2. The number of hydrogen-bond donors (Lipinski definition) is 0. The van der Waals surface area contributed by atoms with Gasteiger partial charge in [-0.2, -0.15) is 5.10 Å². The van der Waals surface area contributed by atoms with E-state index in [0.717, 1.165) is 4.68 Å². The normalized spacial score (nSPS) is 10.0. The molecule has 0 unspecified atom stereocenters. The summed E-state index contributed by atoms with van der Waals surface area (Å²) < 4.78 is 13.4. The Morgan fingerprint density at radius 1 is 1.64 bits per heavy atom. The van der Waals surface area contributed by atoms with Gasteiger partial charge < -0.3 is 0 Å². The molecule has 60 valence electrons. The van der Waals surface area contributed by atoms with Crippen LogP contribution in [0.15, 0.2) is 21.5 Å². The highest BCUT2D eigenvalue weighted by atomic mass is 79.9. The van der Waals surface area contributed by atoms with Gasteiger partial charge in [-0.25, -0.2) is 9.07 Å². The largest absolute Gasteiger partial charge is 0.268 e. The average Bonchev–Trinajstić information content (AvgIpc) is 1.98. The number of aromatic nitrogens is 2. The van der Waals surface area contributed by atoms with Crippen molar-refractivity contribution in [1.29, 1.82) is 0 Å². The van der Waals surface area contributed by atoms with Crippen molar-refractivity contribution in [3.8, 4) is 0 Å². The Morgan fingerprint density at radius 2 is 2.36 bits per heavy atom. The van der Waals surface area contributed by atoms with Crippen LogP contribution in [-0.4, -0.2) is 16.5 Å². The van der Waals surface area contributed by atoms with Crippen LogP contribution in [0.1, 0.15) is 0 Å². The van der Waals surface area contributed by atoms with Crippen LogP contribution in [0, 0.1) is 0 Å². The summed E-state index contributed by atoms with van der Waals surface area (Å²) in [4.78, 5) is 10.9. The molecule has 0 saturated heterocycles. The number of rotatable bonds is 2. The molecule has 0 atom stereocenters. The van der Waals surface area contributed by atoms with Crippen LogP contribution in [0.3, 0.4) is 0 Å². The fraction of sp³-hybridized carbons (Fsp3) is 0.333. The molecule has 0 saturated carbocycles. The van der Waals surface area contributed by atoms with E-state index in [4.69, 9.17) is 0 Å². The summed E-state index contributed by atoms with van der Waals surface area (Å²) in [6.45, 7) is -0.568. The average molecular weight is 221 g/mol. The van der Waals surface area contributed by atoms with Crippen LogP contribution in [0.2, 0.25) is 0 Å². The van der Waals surface area contributed by atoms with Crippen LogP contribution < -0.4 is 5.56 Å². The van der Waals surface area contributed by atoms with E-state index in [-0.39, 0.29) is 12.1 Å². The zero-order valence-corrected chi connectivity index (χ0v) is 7.21. The van der Waals surface area contributed by atoms with Gasteiger partial charge in [-0.15, -0.1) is 0 Å². The maximum atomic E-state index is 11.8.